The minimum Gasteiger partial charge on any atom is -0.309 e. The highest BCUT2D eigenvalue weighted by atomic mass is 32.1. The van der Waals surface area contributed by atoms with Crippen LogP contribution in [0.15, 0.2) is 206 Å². The standard InChI is InChI=1S/C54H34N2S/c1-3-13-35(14-4-1)37-23-28-40(29-24-37)55-47-20-10-7-17-42(47)46-33-39(27-32-49(46)55)45-34-51-53(44-19-9-12-22-50(44)57-51)54-52(45)43-18-8-11-21-48(43)56(54)41-30-25-38(26-31-41)36-15-5-2-6-16-36/h1-34H. The molecular weight excluding hydrogens is 709 g/mol. The van der Waals surface area contributed by atoms with Crippen LogP contribution in [0.1, 0.15) is 0 Å². The van der Waals surface area contributed by atoms with Gasteiger partial charge in [-0.2, -0.15) is 0 Å². The van der Waals surface area contributed by atoms with E-state index in [1.54, 1.807) is 0 Å². The molecule has 0 fully saturated rings. The van der Waals surface area contributed by atoms with E-state index in [1.807, 2.05) is 11.3 Å². The Morgan fingerprint density at radius 3 is 1.46 bits per heavy atom. The van der Waals surface area contributed by atoms with Crippen LogP contribution in [0.5, 0.6) is 0 Å². The van der Waals surface area contributed by atoms with Crippen LogP contribution < -0.4 is 0 Å². The van der Waals surface area contributed by atoms with Crippen LogP contribution in [0.25, 0.3) is 109 Å². The third-order valence-electron chi connectivity index (χ3n) is 11.7. The second kappa shape index (κ2) is 12.7. The average Bonchev–Trinajstić information content (AvgIpc) is 3.94. The first-order valence-electron chi connectivity index (χ1n) is 19.5. The first-order chi connectivity index (χ1) is 28.3. The van der Waals surface area contributed by atoms with Crippen molar-refractivity contribution in [3.8, 4) is 44.8 Å². The van der Waals surface area contributed by atoms with E-state index >= 15 is 0 Å². The molecule has 0 saturated heterocycles. The van der Waals surface area contributed by atoms with Gasteiger partial charge in [0.15, 0.2) is 0 Å². The van der Waals surface area contributed by atoms with E-state index in [0.29, 0.717) is 0 Å². The highest BCUT2D eigenvalue weighted by Crippen LogP contribution is 2.48. The molecule has 0 radical (unpaired) electrons. The smallest absolute Gasteiger partial charge is 0.0640 e. The molecule has 12 aromatic rings. The van der Waals surface area contributed by atoms with Crippen LogP contribution in [0.2, 0.25) is 0 Å². The van der Waals surface area contributed by atoms with Gasteiger partial charge in [-0.1, -0.05) is 146 Å². The molecule has 0 unspecified atom stereocenters. The molecule has 0 bridgehead atoms. The molecule has 3 heteroatoms. The monoisotopic (exact) mass is 742 g/mol. The number of para-hydroxylation sites is 2. The molecule has 12 rings (SSSR count). The topological polar surface area (TPSA) is 9.86 Å². The second-order valence-corrected chi connectivity index (χ2v) is 16.0. The van der Waals surface area contributed by atoms with E-state index in [9.17, 15) is 0 Å². The van der Waals surface area contributed by atoms with Gasteiger partial charge in [0.1, 0.15) is 0 Å². The van der Waals surface area contributed by atoms with Crippen molar-refractivity contribution in [1.29, 1.82) is 0 Å². The van der Waals surface area contributed by atoms with E-state index in [-0.39, 0.29) is 0 Å². The summed E-state index contributed by atoms with van der Waals surface area (Å²) < 4.78 is 7.52. The molecule has 3 aromatic heterocycles. The predicted octanol–water partition coefficient (Wildman–Crippen LogP) is 15.2. The van der Waals surface area contributed by atoms with Gasteiger partial charge in [0.05, 0.1) is 22.1 Å². The normalized spacial score (nSPS) is 11.9. The van der Waals surface area contributed by atoms with Crippen molar-refractivity contribution in [1.82, 2.24) is 9.13 Å². The van der Waals surface area contributed by atoms with E-state index in [1.165, 1.54) is 97.2 Å². The van der Waals surface area contributed by atoms with Crippen LogP contribution in [-0.4, -0.2) is 9.13 Å². The lowest BCUT2D eigenvalue weighted by molar-refractivity contribution is 1.18. The maximum Gasteiger partial charge on any atom is 0.0640 e. The molecule has 266 valence electrons. The predicted molar refractivity (Wildman–Crippen MR) is 244 cm³/mol. The molecule has 0 amide bonds. The molecule has 2 nitrogen and oxygen atoms in total. The summed E-state index contributed by atoms with van der Waals surface area (Å²) >= 11 is 1.89. The van der Waals surface area contributed by atoms with Gasteiger partial charge in [-0.25, -0.2) is 0 Å². The number of thiophene rings is 1. The number of hydrogen-bond donors (Lipinski definition) is 0. The SMILES string of the molecule is c1ccc(-c2ccc(-n3c4ccccc4c4cc(-c5cc6sc7ccccc7c6c6c5c5ccccc5n6-c5ccc(-c6ccccc6)cc5)ccc43)cc2)cc1. The fourth-order valence-corrected chi connectivity index (χ4v) is 10.3. The Labute approximate surface area is 333 Å². The Bertz CT molecular complexity index is 3480. The van der Waals surface area contributed by atoms with Crippen molar-refractivity contribution in [2.45, 2.75) is 0 Å². The molecule has 0 aliphatic carbocycles. The third kappa shape index (κ3) is 4.96. The number of rotatable bonds is 5. The van der Waals surface area contributed by atoms with Crippen LogP contribution in [-0.2, 0) is 0 Å². The zero-order valence-corrected chi connectivity index (χ0v) is 31.7. The lowest BCUT2D eigenvalue weighted by Crippen LogP contribution is -1.95. The quantitative estimate of drug-likeness (QED) is 0.166. The zero-order valence-electron chi connectivity index (χ0n) is 30.9. The molecule has 0 atom stereocenters. The van der Waals surface area contributed by atoms with Crippen LogP contribution in [0, 0.1) is 0 Å². The molecule has 3 heterocycles. The molecule has 0 N–H and O–H groups in total. The summed E-state index contributed by atoms with van der Waals surface area (Å²) in [4.78, 5) is 0. The van der Waals surface area contributed by atoms with E-state index in [0.717, 1.165) is 11.4 Å². The van der Waals surface area contributed by atoms with Crippen molar-refractivity contribution in [3.63, 3.8) is 0 Å². The lowest BCUT2D eigenvalue weighted by atomic mass is 9.96. The van der Waals surface area contributed by atoms with Gasteiger partial charge >= 0.3 is 0 Å². The summed E-state index contributed by atoms with van der Waals surface area (Å²) in [5.41, 5.74) is 14.5. The fourth-order valence-electron chi connectivity index (χ4n) is 9.14. The van der Waals surface area contributed by atoms with Crippen molar-refractivity contribution in [2.75, 3.05) is 0 Å². The van der Waals surface area contributed by atoms with Crippen molar-refractivity contribution in [3.05, 3.63) is 206 Å². The highest BCUT2D eigenvalue weighted by Gasteiger charge is 2.23. The molecule has 57 heavy (non-hydrogen) atoms. The van der Waals surface area contributed by atoms with Gasteiger partial charge in [-0.3, -0.25) is 0 Å². The van der Waals surface area contributed by atoms with Crippen LogP contribution >= 0.6 is 11.3 Å². The van der Waals surface area contributed by atoms with E-state index < -0.39 is 0 Å². The van der Waals surface area contributed by atoms with Gasteiger partial charge in [0.25, 0.3) is 0 Å². The average molecular weight is 743 g/mol. The molecular formula is C54H34N2S. The summed E-state index contributed by atoms with van der Waals surface area (Å²) in [5.74, 6) is 0. The molecule has 0 saturated carbocycles. The van der Waals surface area contributed by atoms with Crippen molar-refractivity contribution >= 4 is 75.1 Å². The van der Waals surface area contributed by atoms with E-state index in [2.05, 4.69) is 215 Å². The summed E-state index contributed by atoms with van der Waals surface area (Å²) in [6, 6.07) is 75.5. The van der Waals surface area contributed by atoms with Gasteiger partial charge in [-0.05, 0) is 94.0 Å². The first-order valence-corrected chi connectivity index (χ1v) is 20.3. The molecule has 9 aromatic carbocycles. The fraction of sp³-hybridized carbons (Fsp3) is 0. The van der Waals surface area contributed by atoms with Gasteiger partial charge in [0, 0.05) is 53.1 Å². The molecule has 0 spiro atoms. The Hall–Kier alpha value is -7.20. The molecule has 0 aliphatic heterocycles. The Morgan fingerprint density at radius 1 is 0.298 bits per heavy atom. The van der Waals surface area contributed by atoms with Gasteiger partial charge < -0.3 is 9.13 Å². The lowest BCUT2D eigenvalue weighted by Gasteiger charge is -2.12. The van der Waals surface area contributed by atoms with Crippen LogP contribution in [0.4, 0.5) is 0 Å². The number of nitrogens with zero attached hydrogens (tertiary/aromatic N) is 2. The highest BCUT2D eigenvalue weighted by molar-refractivity contribution is 7.26. The van der Waals surface area contributed by atoms with Crippen molar-refractivity contribution < 1.29 is 0 Å². The Morgan fingerprint density at radius 2 is 0.789 bits per heavy atom. The molecule has 0 aliphatic rings. The zero-order chi connectivity index (χ0) is 37.5. The Kier molecular flexibility index (Phi) is 7.13. The summed E-state index contributed by atoms with van der Waals surface area (Å²) in [6.07, 6.45) is 0. The largest absolute Gasteiger partial charge is 0.309 e. The first kappa shape index (κ1) is 32.1. The minimum atomic E-state index is 1.16. The van der Waals surface area contributed by atoms with Gasteiger partial charge in [-0.15, -0.1) is 11.3 Å². The summed E-state index contributed by atoms with van der Waals surface area (Å²) in [5, 5.41) is 7.66. The number of aromatic nitrogens is 2. The summed E-state index contributed by atoms with van der Waals surface area (Å²) in [7, 11) is 0. The maximum absolute atomic E-state index is 2.51. The van der Waals surface area contributed by atoms with Gasteiger partial charge in [0.2, 0.25) is 0 Å². The third-order valence-corrected chi connectivity index (χ3v) is 12.8. The minimum absolute atomic E-state index is 1.16. The Balaban J connectivity index is 1.11. The number of hydrogen-bond acceptors (Lipinski definition) is 1. The number of fused-ring (bicyclic) bond motifs is 10. The second-order valence-electron chi connectivity index (χ2n) is 14.9. The van der Waals surface area contributed by atoms with Crippen LogP contribution in [0.3, 0.4) is 0 Å². The van der Waals surface area contributed by atoms with E-state index in [4.69, 9.17) is 0 Å². The maximum atomic E-state index is 2.51. The van der Waals surface area contributed by atoms with Crippen molar-refractivity contribution in [2.24, 2.45) is 0 Å². The summed E-state index contributed by atoms with van der Waals surface area (Å²) in [6.45, 7) is 0. The number of benzene rings is 9.